The molecule has 4 rings (SSSR count). The van der Waals surface area contributed by atoms with Gasteiger partial charge in [-0.3, -0.25) is 14.5 Å². The molecular weight excluding hydrogens is 428 g/mol. The van der Waals surface area contributed by atoms with E-state index in [0.717, 1.165) is 19.3 Å². The second kappa shape index (κ2) is 9.49. The summed E-state index contributed by atoms with van der Waals surface area (Å²) in [5.41, 5.74) is 0.580. The van der Waals surface area contributed by atoms with E-state index < -0.39 is 10.0 Å². The van der Waals surface area contributed by atoms with Crippen LogP contribution in [0.25, 0.3) is 0 Å². The lowest BCUT2D eigenvalue weighted by Crippen LogP contribution is -2.50. The van der Waals surface area contributed by atoms with Crippen LogP contribution in [0.2, 0.25) is 0 Å². The number of nitrogens with one attached hydrogen (secondary N) is 1. The number of benzene rings is 1. The van der Waals surface area contributed by atoms with E-state index in [1.54, 1.807) is 28.6 Å². The van der Waals surface area contributed by atoms with Gasteiger partial charge in [-0.15, -0.1) is 0 Å². The number of hydrogen-bond acceptors (Lipinski definition) is 5. The van der Waals surface area contributed by atoms with Crippen molar-refractivity contribution >= 4 is 27.5 Å². The third-order valence-electron chi connectivity index (χ3n) is 6.59. The molecule has 0 unspecified atom stereocenters. The molecule has 1 aromatic rings. The molecule has 9 heteroatoms. The molecule has 8 nitrogen and oxygen atoms in total. The molecule has 0 bridgehead atoms. The van der Waals surface area contributed by atoms with E-state index in [2.05, 4.69) is 19.2 Å². The minimum atomic E-state index is -3.53. The van der Waals surface area contributed by atoms with Crippen molar-refractivity contribution in [3.8, 4) is 0 Å². The number of anilines is 1. The van der Waals surface area contributed by atoms with Gasteiger partial charge >= 0.3 is 0 Å². The van der Waals surface area contributed by atoms with Crippen molar-refractivity contribution in [3.63, 3.8) is 0 Å². The second-order valence-electron chi connectivity index (χ2n) is 9.72. The molecule has 3 aliphatic rings. The number of piperazine rings is 1. The summed E-state index contributed by atoms with van der Waals surface area (Å²) in [5.74, 6) is 1.05. The fourth-order valence-electron chi connectivity index (χ4n) is 4.78. The summed E-state index contributed by atoms with van der Waals surface area (Å²) in [7, 11) is -3.53. The van der Waals surface area contributed by atoms with Gasteiger partial charge in [0.2, 0.25) is 21.8 Å². The fraction of sp³-hybridized carbons (Fsp3) is 0.652. The van der Waals surface area contributed by atoms with E-state index in [1.807, 2.05) is 9.80 Å². The number of carbonyl (C=O) groups excluding carboxylic acids is 2. The third kappa shape index (κ3) is 5.50. The van der Waals surface area contributed by atoms with E-state index >= 15 is 0 Å². The summed E-state index contributed by atoms with van der Waals surface area (Å²) in [4.78, 5) is 28.8. The number of hydrogen-bond donors (Lipinski definition) is 1. The van der Waals surface area contributed by atoms with Gasteiger partial charge in [0.1, 0.15) is 0 Å². The smallest absolute Gasteiger partial charge is 0.243 e. The van der Waals surface area contributed by atoms with Gasteiger partial charge in [0.25, 0.3) is 0 Å². The number of nitrogens with zero attached hydrogens (tertiary/aromatic N) is 3. The highest BCUT2D eigenvalue weighted by Crippen LogP contribution is 2.31. The molecule has 2 aliphatic heterocycles. The van der Waals surface area contributed by atoms with Crippen molar-refractivity contribution in [3.05, 3.63) is 24.3 Å². The van der Waals surface area contributed by atoms with Crippen molar-refractivity contribution in [2.45, 2.75) is 38.0 Å². The molecule has 2 heterocycles. The van der Waals surface area contributed by atoms with Gasteiger partial charge in [0.15, 0.2) is 0 Å². The number of amides is 2. The number of carbonyl (C=O) groups is 2. The summed E-state index contributed by atoms with van der Waals surface area (Å²) in [6, 6.07) is 6.43. The van der Waals surface area contributed by atoms with Gasteiger partial charge in [-0.25, -0.2) is 8.42 Å². The molecule has 1 N–H and O–H groups in total. The monoisotopic (exact) mass is 462 g/mol. The third-order valence-corrected chi connectivity index (χ3v) is 8.43. The lowest BCUT2D eigenvalue weighted by molar-refractivity contribution is -0.134. The Morgan fingerprint density at radius 2 is 1.56 bits per heavy atom. The molecule has 1 aliphatic carbocycles. The van der Waals surface area contributed by atoms with Crippen molar-refractivity contribution in [2.75, 3.05) is 51.1 Å². The minimum absolute atomic E-state index is 0.138. The summed E-state index contributed by atoms with van der Waals surface area (Å²) in [6.07, 6.45) is 3.07. The van der Waals surface area contributed by atoms with Crippen LogP contribution in [-0.4, -0.2) is 80.2 Å². The molecule has 2 amide bonds. The first-order valence-corrected chi connectivity index (χ1v) is 13.1. The summed E-state index contributed by atoms with van der Waals surface area (Å²) in [6.45, 7) is 8.24. The van der Waals surface area contributed by atoms with Crippen LogP contribution in [0.15, 0.2) is 29.2 Å². The lowest BCUT2D eigenvalue weighted by Gasteiger charge is -2.34. The van der Waals surface area contributed by atoms with Gasteiger partial charge in [-0.1, -0.05) is 13.8 Å². The maximum absolute atomic E-state index is 13.0. The Kier molecular flexibility index (Phi) is 6.88. The predicted octanol–water partition coefficient (Wildman–Crippen LogP) is 1.85. The van der Waals surface area contributed by atoms with Gasteiger partial charge < -0.3 is 10.2 Å². The topological polar surface area (TPSA) is 90.0 Å². The maximum atomic E-state index is 13.0. The molecule has 1 saturated carbocycles. The molecule has 2 atom stereocenters. The van der Waals surface area contributed by atoms with Crippen LogP contribution in [0.5, 0.6) is 0 Å². The van der Waals surface area contributed by atoms with Gasteiger partial charge in [0.05, 0.1) is 11.4 Å². The van der Waals surface area contributed by atoms with E-state index in [9.17, 15) is 18.0 Å². The summed E-state index contributed by atoms with van der Waals surface area (Å²) in [5, 5.41) is 2.85. The first kappa shape index (κ1) is 23.2. The van der Waals surface area contributed by atoms with Crippen LogP contribution in [-0.2, 0) is 19.6 Å². The molecule has 1 aromatic carbocycles. The maximum Gasteiger partial charge on any atom is 0.243 e. The summed E-state index contributed by atoms with van der Waals surface area (Å²) < 4.78 is 27.6. The molecule has 3 fully saturated rings. The Labute approximate surface area is 191 Å². The highest BCUT2D eigenvalue weighted by atomic mass is 32.2. The highest BCUT2D eigenvalue weighted by Gasteiger charge is 2.35. The average molecular weight is 463 g/mol. The molecule has 2 saturated heterocycles. The van der Waals surface area contributed by atoms with Crippen molar-refractivity contribution in [2.24, 2.45) is 17.8 Å². The lowest BCUT2D eigenvalue weighted by atomic mass is 9.94. The Balaban J connectivity index is 1.28. The van der Waals surface area contributed by atoms with Gasteiger partial charge in [-0.2, -0.15) is 4.31 Å². The van der Waals surface area contributed by atoms with Gasteiger partial charge in [-0.05, 0) is 55.4 Å². The van der Waals surface area contributed by atoms with Crippen molar-refractivity contribution < 1.29 is 18.0 Å². The van der Waals surface area contributed by atoms with Crippen LogP contribution >= 0.6 is 0 Å². The molecule has 0 radical (unpaired) electrons. The number of sulfonamides is 1. The van der Waals surface area contributed by atoms with E-state index in [-0.39, 0.29) is 29.2 Å². The van der Waals surface area contributed by atoms with E-state index in [0.29, 0.717) is 56.8 Å². The Morgan fingerprint density at radius 3 is 2.12 bits per heavy atom. The number of rotatable bonds is 6. The first-order chi connectivity index (χ1) is 15.2. The number of piperidine rings is 1. The zero-order valence-electron chi connectivity index (χ0n) is 19.0. The summed E-state index contributed by atoms with van der Waals surface area (Å²) >= 11 is 0. The molecule has 176 valence electrons. The Hall–Kier alpha value is -1.97. The van der Waals surface area contributed by atoms with Crippen molar-refractivity contribution in [1.29, 1.82) is 0 Å². The SMILES string of the molecule is C[C@@H]1C[C@H](C)CN(S(=O)(=O)c2ccc(NC(=O)CN3CCN(C(=O)C4CC4)CC3)cc2)C1. The Bertz CT molecular complexity index is 927. The normalized spacial score (nSPS) is 25.5. The molecule has 32 heavy (non-hydrogen) atoms. The quantitative estimate of drug-likeness (QED) is 0.697. The van der Waals surface area contributed by atoms with Crippen LogP contribution in [0.1, 0.15) is 33.1 Å². The van der Waals surface area contributed by atoms with Crippen LogP contribution in [0, 0.1) is 17.8 Å². The molecule has 0 spiro atoms. The van der Waals surface area contributed by atoms with E-state index in [1.165, 1.54) is 0 Å². The largest absolute Gasteiger partial charge is 0.340 e. The predicted molar refractivity (Wildman–Crippen MR) is 123 cm³/mol. The standard InChI is InChI=1S/C23H34N4O4S/c1-17-13-18(2)15-27(14-17)32(30,31)21-7-5-20(6-8-21)24-22(28)16-25-9-11-26(12-10-25)23(29)19-3-4-19/h5-8,17-19H,3-4,9-16H2,1-2H3,(H,24,28)/t17-,18+. The molecular formula is C23H34N4O4S. The van der Waals surface area contributed by atoms with Crippen LogP contribution in [0.4, 0.5) is 5.69 Å². The van der Waals surface area contributed by atoms with Crippen LogP contribution < -0.4 is 5.32 Å². The average Bonchev–Trinajstić information content (AvgIpc) is 3.59. The first-order valence-electron chi connectivity index (χ1n) is 11.6. The Morgan fingerprint density at radius 1 is 0.969 bits per heavy atom. The second-order valence-corrected chi connectivity index (χ2v) is 11.7. The van der Waals surface area contributed by atoms with E-state index in [4.69, 9.17) is 0 Å². The minimum Gasteiger partial charge on any atom is -0.340 e. The zero-order valence-corrected chi connectivity index (χ0v) is 19.8. The van der Waals surface area contributed by atoms with Crippen molar-refractivity contribution in [1.82, 2.24) is 14.1 Å². The van der Waals surface area contributed by atoms with Crippen LogP contribution in [0.3, 0.4) is 0 Å². The zero-order chi connectivity index (χ0) is 22.9. The molecule has 0 aromatic heterocycles. The van der Waals surface area contributed by atoms with Gasteiger partial charge in [0, 0.05) is 50.9 Å². The fourth-order valence-corrected chi connectivity index (χ4v) is 6.46. The highest BCUT2D eigenvalue weighted by molar-refractivity contribution is 7.89.